The highest BCUT2D eigenvalue weighted by Crippen LogP contribution is 2.30. The Morgan fingerprint density at radius 2 is 2.11 bits per heavy atom. The number of aromatic nitrogens is 5. The fourth-order valence-electron chi connectivity index (χ4n) is 3.44. The zero-order chi connectivity index (χ0) is 19.9. The van der Waals surface area contributed by atoms with Gasteiger partial charge in [0.05, 0.1) is 5.39 Å². The van der Waals surface area contributed by atoms with Crippen molar-refractivity contribution in [3.63, 3.8) is 0 Å². The van der Waals surface area contributed by atoms with Gasteiger partial charge in [-0.15, -0.1) is 10.2 Å². The van der Waals surface area contributed by atoms with E-state index in [4.69, 9.17) is 0 Å². The summed E-state index contributed by atoms with van der Waals surface area (Å²) in [6.45, 7) is 0.773. The summed E-state index contributed by atoms with van der Waals surface area (Å²) < 4.78 is 63.2. The van der Waals surface area contributed by atoms with Crippen molar-refractivity contribution in [3.05, 3.63) is 18.6 Å². The lowest BCUT2D eigenvalue weighted by atomic mass is 10.1. The number of sulfonamides is 1. The van der Waals surface area contributed by atoms with Crippen LogP contribution >= 0.6 is 0 Å². The van der Waals surface area contributed by atoms with Gasteiger partial charge in [-0.1, -0.05) is 0 Å². The molecule has 3 aromatic heterocycles. The van der Waals surface area contributed by atoms with Gasteiger partial charge in [-0.05, 0) is 18.9 Å². The topological polar surface area (TPSA) is 117 Å². The lowest BCUT2D eigenvalue weighted by Gasteiger charge is -2.34. The molecule has 1 aliphatic heterocycles. The zero-order valence-corrected chi connectivity index (χ0v) is 15.3. The van der Waals surface area contributed by atoms with Crippen LogP contribution in [0.2, 0.25) is 0 Å². The SMILES string of the molecule is O=S(=O)(CC(F)(F)F)NC1CCCN(c2ncnc3nnc4[nH]ccc4c23)C1. The molecule has 0 saturated carbocycles. The van der Waals surface area contributed by atoms with Gasteiger partial charge in [0.25, 0.3) is 0 Å². The molecule has 1 saturated heterocycles. The number of hydrogen-bond donors (Lipinski definition) is 2. The molecule has 0 aromatic carbocycles. The second-order valence-electron chi connectivity index (χ2n) is 6.61. The van der Waals surface area contributed by atoms with E-state index >= 15 is 0 Å². The van der Waals surface area contributed by atoms with E-state index in [0.29, 0.717) is 41.9 Å². The average molecular weight is 415 g/mol. The molecule has 1 unspecified atom stereocenters. The highest BCUT2D eigenvalue weighted by atomic mass is 32.2. The molecule has 4 heterocycles. The number of nitrogens with one attached hydrogen (secondary N) is 2. The molecule has 2 N–H and O–H groups in total. The fourth-order valence-corrected chi connectivity index (χ4v) is 4.66. The molecular weight excluding hydrogens is 399 g/mol. The molecule has 0 bridgehead atoms. The summed E-state index contributed by atoms with van der Waals surface area (Å²) in [5.41, 5.74) is 0.944. The number of H-pyrrole nitrogens is 1. The first-order valence-electron chi connectivity index (χ1n) is 8.48. The van der Waals surface area contributed by atoms with Gasteiger partial charge in [-0.3, -0.25) is 0 Å². The van der Waals surface area contributed by atoms with Gasteiger partial charge < -0.3 is 9.88 Å². The summed E-state index contributed by atoms with van der Waals surface area (Å²) in [4.78, 5) is 13.2. The maximum Gasteiger partial charge on any atom is 0.404 e. The van der Waals surface area contributed by atoms with Crippen molar-refractivity contribution < 1.29 is 21.6 Å². The maximum absolute atomic E-state index is 12.5. The van der Waals surface area contributed by atoms with E-state index in [1.165, 1.54) is 6.33 Å². The highest BCUT2D eigenvalue weighted by Gasteiger charge is 2.37. The summed E-state index contributed by atoms with van der Waals surface area (Å²) in [7, 11) is -4.47. The fraction of sp³-hybridized carbons (Fsp3) is 0.467. The number of piperidine rings is 1. The molecule has 0 amide bonds. The van der Waals surface area contributed by atoms with Crippen molar-refractivity contribution in [1.29, 1.82) is 0 Å². The van der Waals surface area contributed by atoms with Crippen LogP contribution in [0.4, 0.5) is 19.0 Å². The second kappa shape index (κ2) is 6.81. The second-order valence-corrected chi connectivity index (χ2v) is 8.37. The lowest BCUT2D eigenvalue weighted by molar-refractivity contribution is -0.106. The number of halogens is 3. The molecule has 28 heavy (non-hydrogen) atoms. The minimum atomic E-state index is -4.79. The molecular formula is C15H16F3N7O2S. The van der Waals surface area contributed by atoms with Gasteiger partial charge in [-0.25, -0.2) is 23.1 Å². The van der Waals surface area contributed by atoms with Crippen LogP contribution in [-0.4, -0.2) is 64.6 Å². The first-order valence-corrected chi connectivity index (χ1v) is 10.1. The first kappa shape index (κ1) is 18.8. The Morgan fingerprint density at radius 1 is 1.29 bits per heavy atom. The third kappa shape index (κ3) is 3.85. The molecule has 3 aromatic rings. The smallest absolute Gasteiger partial charge is 0.354 e. The molecule has 13 heteroatoms. The largest absolute Gasteiger partial charge is 0.404 e. The van der Waals surface area contributed by atoms with E-state index in [-0.39, 0.29) is 6.54 Å². The summed E-state index contributed by atoms with van der Waals surface area (Å²) in [5.74, 6) is -1.35. The maximum atomic E-state index is 12.5. The van der Waals surface area contributed by atoms with Crippen molar-refractivity contribution in [2.45, 2.75) is 25.1 Å². The monoisotopic (exact) mass is 415 g/mol. The number of fused-ring (bicyclic) bond motifs is 3. The van der Waals surface area contributed by atoms with Crippen molar-refractivity contribution in [2.24, 2.45) is 0 Å². The number of aromatic amines is 1. The molecule has 1 aliphatic rings. The number of alkyl halides is 3. The minimum Gasteiger partial charge on any atom is -0.354 e. The quantitative estimate of drug-likeness (QED) is 0.661. The molecule has 1 atom stereocenters. The van der Waals surface area contributed by atoms with Crippen molar-refractivity contribution in [1.82, 2.24) is 29.9 Å². The van der Waals surface area contributed by atoms with Crippen LogP contribution < -0.4 is 9.62 Å². The van der Waals surface area contributed by atoms with Gasteiger partial charge in [0.1, 0.15) is 12.1 Å². The van der Waals surface area contributed by atoms with E-state index in [9.17, 15) is 21.6 Å². The van der Waals surface area contributed by atoms with E-state index < -0.39 is 28.0 Å². The molecule has 9 nitrogen and oxygen atoms in total. The number of rotatable bonds is 4. The third-order valence-corrected chi connectivity index (χ3v) is 5.87. The normalized spacial score (nSPS) is 18.8. The summed E-state index contributed by atoms with van der Waals surface area (Å²) in [5, 5.41) is 9.52. The highest BCUT2D eigenvalue weighted by molar-refractivity contribution is 7.89. The van der Waals surface area contributed by atoms with Crippen LogP contribution in [0.5, 0.6) is 0 Å². The van der Waals surface area contributed by atoms with Gasteiger partial charge in [0, 0.05) is 30.7 Å². The average Bonchev–Trinajstić information content (AvgIpc) is 3.07. The molecule has 150 valence electrons. The van der Waals surface area contributed by atoms with E-state index in [1.807, 2.05) is 11.0 Å². The Balaban J connectivity index is 1.63. The summed E-state index contributed by atoms with van der Waals surface area (Å²) in [6.07, 6.45) is -0.709. The van der Waals surface area contributed by atoms with Crippen molar-refractivity contribution >= 4 is 37.9 Å². The first-order chi connectivity index (χ1) is 13.2. The summed E-state index contributed by atoms with van der Waals surface area (Å²) >= 11 is 0. The minimum absolute atomic E-state index is 0.192. The van der Waals surface area contributed by atoms with Crippen molar-refractivity contribution in [3.8, 4) is 0 Å². The molecule has 0 aliphatic carbocycles. The van der Waals surface area contributed by atoms with Crippen molar-refractivity contribution in [2.75, 3.05) is 23.7 Å². The molecule has 4 rings (SSSR count). The lowest BCUT2D eigenvalue weighted by Crippen LogP contribution is -2.49. The van der Waals surface area contributed by atoms with E-state index in [0.717, 1.165) is 5.39 Å². The van der Waals surface area contributed by atoms with Crippen LogP contribution in [0.15, 0.2) is 18.6 Å². The van der Waals surface area contributed by atoms with Gasteiger partial charge in [-0.2, -0.15) is 13.2 Å². The van der Waals surface area contributed by atoms with Crippen LogP contribution in [0.25, 0.3) is 22.1 Å². The number of nitrogens with zero attached hydrogens (tertiary/aromatic N) is 5. The number of anilines is 1. The zero-order valence-electron chi connectivity index (χ0n) is 14.4. The van der Waals surface area contributed by atoms with Crippen LogP contribution in [-0.2, 0) is 10.0 Å². The van der Waals surface area contributed by atoms with E-state index in [1.54, 1.807) is 6.20 Å². The van der Waals surface area contributed by atoms with Gasteiger partial charge >= 0.3 is 6.18 Å². The molecule has 1 fully saturated rings. The van der Waals surface area contributed by atoms with E-state index in [2.05, 4.69) is 29.9 Å². The Hall–Kier alpha value is -2.54. The third-order valence-electron chi connectivity index (χ3n) is 4.47. The van der Waals surface area contributed by atoms with Crippen LogP contribution in [0, 0.1) is 0 Å². The standard InChI is InChI=1S/C15H16F3N7O2S/c16-15(17,18)7-28(26,27)24-9-2-1-5-25(6-9)14-11-10-3-4-19-12(10)22-23-13(11)20-8-21-14/h3-4,8-9,24H,1-2,5-7H2,(H,19,22). The van der Waals surface area contributed by atoms with Crippen LogP contribution in [0.1, 0.15) is 12.8 Å². The van der Waals surface area contributed by atoms with Gasteiger partial charge in [0.2, 0.25) is 10.0 Å². The molecule has 0 spiro atoms. The Labute approximate surface area is 157 Å². The summed E-state index contributed by atoms with van der Waals surface area (Å²) in [6, 6.07) is 1.16. The predicted octanol–water partition coefficient (Wildman–Crippen LogP) is 1.35. The molecule has 0 radical (unpaired) electrons. The predicted molar refractivity (Wildman–Crippen MR) is 95.2 cm³/mol. The number of hydrogen-bond acceptors (Lipinski definition) is 7. The Morgan fingerprint density at radius 3 is 2.89 bits per heavy atom. The Kier molecular flexibility index (Phi) is 4.57. The Bertz CT molecular complexity index is 1120. The van der Waals surface area contributed by atoms with Crippen LogP contribution in [0.3, 0.4) is 0 Å². The van der Waals surface area contributed by atoms with Gasteiger partial charge in [0.15, 0.2) is 17.0 Å².